The molecule has 0 radical (unpaired) electrons. The number of rotatable bonds is 7. The number of halogens is 1. The number of nitrogens with one attached hydrogen (secondary N) is 2. The molecule has 0 fully saturated rings. The van der Waals surface area contributed by atoms with Crippen LogP contribution < -0.4 is 10.6 Å². The van der Waals surface area contributed by atoms with E-state index in [1.807, 2.05) is 19.1 Å². The molecule has 6 nitrogen and oxygen atoms in total. The van der Waals surface area contributed by atoms with Crippen molar-refractivity contribution >= 4 is 50.0 Å². The largest absolute Gasteiger partial charge is 0.451 e. The minimum atomic E-state index is -0.638. The van der Waals surface area contributed by atoms with Crippen molar-refractivity contribution in [3.8, 4) is 0 Å². The van der Waals surface area contributed by atoms with Gasteiger partial charge >= 0.3 is 5.97 Å². The first kappa shape index (κ1) is 18.2. The molecule has 0 aliphatic heterocycles. The van der Waals surface area contributed by atoms with E-state index in [0.29, 0.717) is 17.4 Å². The van der Waals surface area contributed by atoms with Gasteiger partial charge in [0.25, 0.3) is 5.91 Å². The Morgan fingerprint density at radius 2 is 2.25 bits per heavy atom. The van der Waals surface area contributed by atoms with Crippen LogP contribution in [0.25, 0.3) is 0 Å². The summed E-state index contributed by atoms with van der Waals surface area (Å²) in [5.74, 6) is -1.05. The zero-order chi connectivity index (χ0) is 17.5. The molecule has 1 amide bonds. The minimum Gasteiger partial charge on any atom is -0.451 e. The van der Waals surface area contributed by atoms with Crippen LogP contribution in [-0.2, 0) is 9.53 Å². The average Bonchev–Trinajstić information content (AvgIpc) is 3.02. The number of aromatic nitrogens is 1. The highest BCUT2D eigenvalue weighted by molar-refractivity contribution is 9.10. The summed E-state index contributed by atoms with van der Waals surface area (Å²) in [4.78, 5) is 27.9. The Kier molecular flexibility index (Phi) is 6.51. The predicted molar refractivity (Wildman–Crippen MR) is 98.6 cm³/mol. The third kappa shape index (κ3) is 5.17. The molecule has 2 aromatic rings. The van der Waals surface area contributed by atoms with E-state index in [9.17, 15) is 9.59 Å². The van der Waals surface area contributed by atoms with Crippen LogP contribution >= 0.6 is 27.3 Å². The van der Waals surface area contributed by atoms with Gasteiger partial charge in [0, 0.05) is 22.1 Å². The SMILES string of the molecule is C=CCNc1nc(C(=O)OCC(=O)Nc2ccc(Br)cc2C)cs1. The van der Waals surface area contributed by atoms with Gasteiger partial charge in [-0.1, -0.05) is 22.0 Å². The Bertz CT molecular complexity index is 761. The first-order chi connectivity index (χ1) is 11.5. The summed E-state index contributed by atoms with van der Waals surface area (Å²) in [7, 11) is 0. The van der Waals surface area contributed by atoms with Crippen molar-refractivity contribution in [3.63, 3.8) is 0 Å². The molecule has 8 heteroatoms. The summed E-state index contributed by atoms with van der Waals surface area (Å²) in [6, 6.07) is 5.48. The van der Waals surface area contributed by atoms with Gasteiger partial charge in [0.2, 0.25) is 0 Å². The number of nitrogens with zero attached hydrogens (tertiary/aromatic N) is 1. The van der Waals surface area contributed by atoms with Crippen molar-refractivity contribution in [2.24, 2.45) is 0 Å². The number of hydrogen-bond donors (Lipinski definition) is 2. The number of anilines is 2. The van der Waals surface area contributed by atoms with Crippen LogP contribution in [0.2, 0.25) is 0 Å². The standard InChI is InChI=1S/C16H16BrN3O3S/c1-3-6-18-16-20-13(9-24-16)15(22)23-8-14(21)19-12-5-4-11(17)7-10(12)2/h3-5,7,9H,1,6,8H2,2H3,(H,18,20)(H,19,21). The molecule has 0 saturated carbocycles. The molecular weight excluding hydrogens is 394 g/mol. The van der Waals surface area contributed by atoms with Gasteiger partial charge in [0.15, 0.2) is 17.4 Å². The zero-order valence-electron chi connectivity index (χ0n) is 13.0. The molecule has 2 rings (SSSR count). The normalized spacial score (nSPS) is 10.1. The summed E-state index contributed by atoms with van der Waals surface area (Å²) in [5, 5.41) is 7.84. The van der Waals surface area contributed by atoms with Crippen LogP contribution in [0.5, 0.6) is 0 Å². The highest BCUT2D eigenvalue weighted by atomic mass is 79.9. The molecule has 24 heavy (non-hydrogen) atoms. The van der Waals surface area contributed by atoms with Crippen LogP contribution in [0, 0.1) is 6.92 Å². The Morgan fingerprint density at radius 3 is 2.96 bits per heavy atom. The second-order valence-electron chi connectivity index (χ2n) is 4.79. The lowest BCUT2D eigenvalue weighted by Gasteiger charge is -2.08. The molecule has 0 saturated heterocycles. The van der Waals surface area contributed by atoms with Crippen molar-refractivity contribution < 1.29 is 14.3 Å². The maximum atomic E-state index is 11.9. The number of hydrogen-bond acceptors (Lipinski definition) is 6. The molecule has 0 bridgehead atoms. The highest BCUT2D eigenvalue weighted by Gasteiger charge is 2.14. The lowest BCUT2D eigenvalue weighted by atomic mass is 10.2. The third-order valence-corrected chi connectivity index (χ3v) is 4.20. The fourth-order valence-corrected chi connectivity index (χ4v) is 2.93. The van der Waals surface area contributed by atoms with Crippen LogP contribution in [-0.4, -0.2) is 30.0 Å². The first-order valence-electron chi connectivity index (χ1n) is 7.03. The van der Waals surface area contributed by atoms with Gasteiger partial charge in [-0.25, -0.2) is 9.78 Å². The lowest BCUT2D eigenvalue weighted by molar-refractivity contribution is -0.119. The van der Waals surface area contributed by atoms with E-state index in [1.165, 1.54) is 11.3 Å². The maximum absolute atomic E-state index is 11.9. The fraction of sp³-hybridized carbons (Fsp3) is 0.188. The molecule has 1 heterocycles. The van der Waals surface area contributed by atoms with Crippen LogP contribution in [0.1, 0.15) is 16.1 Å². The second kappa shape index (κ2) is 8.60. The van der Waals surface area contributed by atoms with E-state index >= 15 is 0 Å². The quantitative estimate of drug-likeness (QED) is 0.539. The number of amides is 1. The van der Waals surface area contributed by atoms with Crippen LogP contribution in [0.15, 0.2) is 40.7 Å². The van der Waals surface area contributed by atoms with Gasteiger partial charge in [0.05, 0.1) is 0 Å². The van der Waals surface area contributed by atoms with Gasteiger partial charge in [-0.3, -0.25) is 4.79 Å². The number of aryl methyl sites for hydroxylation is 1. The van der Waals surface area contributed by atoms with Crippen molar-refractivity contribution in [1.82, 2.24) is 4.98 Å². The summed E-state index contributed by atoms with van der Waals surface area (Å²) < 4.78 is 5.90. The number of esters is 1. The van der Waals surface area contributed by atoms with E-state index in [2.05, 4.69) is 38.1 Å². The smallest absolute Gasteiger partial charge is 0.358 e. The number of thiazole rings is 1. The van der Waals surface area contributed by atoms with Crippen molar-refractivity contribution in [3.05, 3.63) is 52.0 Å². The molecule has 0 aliphatic carbocycles. The van der Waals surface area contributed by atoms with Crippen molar-refractivity contribution in [1.29, 1.82) is 0 Å². The van der Waals surface area contributed by atoms with E-state index in [1.54, 1.807) is 17.5 Å². The number of carbonyl (C=O) groups excluding carboxylic acids is 2. The second-order valence-corrected chi connectivity index (χ2v) is 6.56. The van der Waals surface area contributed by atoms with Crippen LogP contribution in [0.4, 0.5) is 10.8 Å². The summed E-state index contributed by atoms with van der Waals surface area (Å²) in [6.45, 7) is 5.64. The number of benzene rings is 1. The molecule has 126 valence electrons. The van der Waals surface area contributed by atoms with E-state index in [4.69, 9.17) is 4.74 Å². The molecule has 0 atom stereocenters. The molecule has 0 aliphatic rings. The Labute approximate surface area is 152 Å². The van der Waals surface area contributed by atoms with Gasteiger partial charge in [-0.05, 0) is 30.7 Å². The summed E-state index contributed by atoms with van der Waals surface area (Å²) >= 11 is 4.64. The van der Waals surface area contributed by atoms with Gasteiger partial charge < -0.3 is 15.4 Å². The van der Waals surface area contributed by atoms with Crippen molar-refractivity contribution in [2.45, 2.75) is 6.92 Å². The summed E-state index contributed by atoms with van der Waals surface area (Å²) in [5.41, 5.74) is 1.74. The first-order valence-corrected chi connectivity index (χ1v) is 8.70. The van der Waals surface area contributed by atoms with Gasteiger partial charge in [-0.2, -0.15) is 0 Å². The maximum Gasteiger partial charge on any atom is 0.358 e. The molecule has 2 N–H and O–H groups in total. The zero-order valence-corrected chi connectivity index (χ0v) is 15.4. The average molecular weight is 410 g/mol. The van der Waals surface area contributed by atoms with Crippen molar-refractivity contribution in [2.75, 3.05) is 23.8 Å². The van der Waals surface area contributed by atoms with E-state index in [-0.39, 0.29) is 12.3 Å². The lowest BCUT2D eigenvalue weighted by Crippen LogP contribution is -2.21. The predicted octanol–water partition coefficient (Wildman–Crippen LogP) is 3.61. The van der Waals surface area contributed by atoms with Gasteiger partial charge in [0.1, 0.15) is 0 Å². The number of carbonyl (C=O) groups is 2. The Hall–Kier alpha value is -2.19. The molecule has 1 aromatic carbocycles. The molecule has 1 aromatic heterocycles. The minimum absolute atomic E-state index is 0.166. The van der Waals surface area contributed by atoms with E-state index < -0.39 is 11.9 Å². The van der Waals surface area contributed by atoms with E-state index in [0.717, 1.165) is 10.0 Å². The monoisotopic (exact) mass is 409 g/mol. The Morgan fingerprint density at radius 1 is 1.46 bits per heavy atom. The molecular formula is C16H16BrN3O3S. The fourth-order valence-electron chi connectivity index (χ4n) is 1.77. The summed E-state index contributed by atoms with van der Waals surface area (Å²) in [6.07, 6.45) is 1.69. The highest BCUT2D eigenvalue weighted by Crippen LogP contribution is 2.20. The molecule has 0 unspecified atom stereocenters. The topological polar surface area (TPSA) is 80.3 Å². The number of ether oxygens (including phenoxy) is 1. The molecule has 0 spiro atoms. The third-order valence-electron chi connectivity index (χ3n) is 2.91. The van der Waals surface area contributed by atoms with Gasteiger partial charge in [-0.15, -0.1) is 17.9 Å². The van der Waals surface area contributed by atoms with Crippen LogP contribution in [0.3, 0.4) is 0 Å². The Balaban J connectivity index is 1.85.